The third-order valence-electron chi connectivity index (χ3n) is 2.83. The summed E-state index contributed by atoms with van der Waals surface area (Å²) in [6.45, 7) is 0.879. The van der Waals surface area contributed by atoms with Gasteiger partial charge in [-0.2, -0.15) is 13.2 Å². The lowest BCUT2D eigenvalue weighted by Gasteiger charge is -2.15. The molecule has 0 fully saturated rings. The number of hydrogen-bond donors (Lipinski definition) is 1. The summed E-state index contributed by atoms with van der Waals surface area (Å²) >= 11 is 0. The van der Waals surface area contributed by atoms with Crippen molar-refractivity contribution in [2.24, 2.45) is 0 Å². The van der Waals surface area contributed by atoms with Crippen LogP contribution in [0.3, 0.4) is 0 Å². The lowest BCUT2D eigenvalue weighted by Crippen LogP contribution is -2.14. The Bertz CT molecular complexity index is 567. The zero-order valence-corrected chi connectivity index (χ0v) is 12.3. The maximum Gasteiger partial charge on any atom is 0.419 e. The number of rotatable bonds is 7. The molecular weight excluding hydrogens is 309 g/mol. The van der Waals surface area contributed by atoms with Gasteiger partial charge in [0.1, 0.15) is 15.6 Å². The average Bonchev–Trinajstić information content (AvgIpc) is 2.42. The van der Waals surface area contributed by atoms with E-state index in [1.807, 2.05) is 0 Å². The van der Waals surface area contributed by atoms with Gasteiger partial charge < -0.3 is 9.84 Å². The van der Waals surface area contributed by atoms with E-state index in [1.54, 1.807) is 0 Å². The van der Waals surface area contributed by atoms with Crippen LogP contribution in [0.2, 0.25) is 0 Å². The van der Waals surface area contributed by atoms with Gasteiger partial charge in [0.25, 0.3) is 0 Å². The Labute approximate surface area is 121 Å². The molecule has 4 nitrogen and oxygen atoms in total. The molecule has 0 amide bonds. The first kappa shape index (κ1) is 17.8. The molecule has 0 unspecified atom stereocenters. The van der Waals surface area contributed by atoms with Gasteiger partial charge in [0.2, 0.25) is 0 Å². The van der Waals surface area contributed by atoms with Crippen LogP contribution >= 0.6 is 0 Å². The Morgan fingerprint density at radius 3 is 2.48 bits per heavy atom. The molecule has 0 aliphatic carbocycles. The minimum Gasteiger partial charge on any atom is -0.493 e. The van der Waals surface area contributed by atoms with Gasteiger partial charge in [0, 0.05) is 5.75 Å². The van der Waals surface area contributed by atoms with Gasteiger partial charge >= 0.3 is 6.18 Å². The number of ether oxygens (including phenoxy) is 1. The molecule has 120 valence electrons. The Hall–Kier alpha value is -1.28. The van der Waals surface area contributed by atoms with Gasteiger partial charge in [0.05, 0.1) is 24.5 Å². The van der Waals surface area contributed by atoms with E-state index >= 15 is 0 Å². The van der Waals surface area contributed by atoms with Crippen LogP contribution in [0.4, 0.5) is 13.2 Å². The van der Waals surface area contributed by atoms with Gasteiger partial charge in [-0.1, -0.05) is 13.0 Å². The summed E-state index contributed by atoms with van der Waals surface area (Å²) in [5.74, 6) is -0.500. The summed E-state index contributed by atoms with van der Waals surface area (Å²) in [6.07, 6.45) is -4.48. The van der Waals surface area contributed by atoms with E-state index in [4.69, 9.17) is 9.84 Å². The van der Waals surface area contributed by atoms with Crippen LogP contribution in [0.25, 0.3) is 0 Å². The molecule has 0 radical (unpaired) electrons. The van der Waals surface area contributed by atoms with E-state index in [0.717, 1.165) is 12.1 Å². The monoisotopic (exact) mass is 326 g/mol. The first-order chi connectivity index (χ1) is 9.69. The van der Waals surface area contributed by atoms with Crippen LogP contribution < -0.4 is 4.74 Å². The largest absolute Gasteiger partial charge is 0.493 e. The Kier molecular flexibility index (Phi) is 6.03. The second kappa shape index (κ2) is 7.13. The molecule has 1 N–H and O–H groups in total. The van der Waals surface area contributed by atoms with E-state index < -0.39 is 28.2 Å². The fraction of sp³-hybridized carbons (Fsp3) is 0.538. The highest BCUT2D eigenvalue weighted by atomic mass is 32.2. The number of aliphatic hydroxyl groups excluding tert-OH is 1. The Morgan fingerprint density at radius 2 is 1.95 bits per heavy atom. The molecule has 0 saturated carbocycles. The molecule has 8 heteroatoms. The van der Waals surface area contributed by atoms with E-state index in [-0.39, 0.29) is 35.8 Å². The number of sulfone groups is 1. The first-order valence-electron chi connectivity index (χ1n) is 6.34. The van der Waals surface area contributed by atoms with Crippen molar-refractivity contribution in [2.75, 3.05) is 18.1 Å². The SMILES string of the molecule is CCS(=O)(=O)CCCOc1ccc(CO)cc1C(F)(F)F. The molecule has 0 spiro atoms. The molecule has 1 aromatic carbocycles. The quantitative estimate of drug-likeness (QED) is 0.782. The van der Waals surface area contributed by atoms with Crippen LogP contribution in [0.5, 0.6) is 5.75 Å². The second-order valence-electron chi connectivity index (χ2n) is 4.42. The van der Waals surface area contributed by atoms with Gasteiger partial charge in [0.15, 0.2) is 0 Å². The van der Waals surface area contributed by atoms with Crippen LogP contribution in [0.1, 0.15) is 24.5 Å². The van der Waals surface area contributed by atoms with Gasteiger partial charge in [-0.3, -0.25) is 0 Å². The molecule has 1 aromatic rings. The third kappa shape index (κ3) is 5.55. The first-order valence-corrected chi connectivity index (χ1v) is 8.16. The van der Waals surface area contributed by atoms with Crippen molar-refractivity contribution in [2.45, 2.75) is 26.1 Å². The minimum atomic E-state index is -4.60. The number of aliphatic hydroxyl groups is 1. The summed E-state index contributed by atoms with van der Waals surface area (Å²) in [6, 6.07) is 3.27. The average molecular weight is 326 g/mol. The molecule has 21 heavy (non-hydrogen) atoms. The fourth-order valence-corrected chi connectivity index (χ4v) is 2.47. The maximum absolute atomic E-state index is 12.9. The zero-order chi connectivity index (χ0) is 16.1. The highest BCUT2D eigenvalue weighted by molar-refractivity contribution is 7.91. The predicted octanol–water partition coefficient (Wildman–Crippen LogP) is 2.40. The van der Waals surface area contributed by atoms with Crippen LogP contribution in [-0.2, 0) is 22.6 Å². The van der Waals surface area contributed by atoms with Crippen molar-refractivity contribution in [3.05, 3.63) is 29.3 Å². The maximum atomic E-state index is 12.9. The Balaban J connectivity index is 2.75. The molecule has 0 aliphatic heterocycles. The number of alkyl halides is 3. The van der Waals surface area contributed by atoms with Crippen LogP contribution in [0, 0.1) is 0 Å². The molecular formula is C13H17F3O4S. The van der Waals surface area contributed by atoms with E-state index in [9.17, 15) is 21.6 Å². The van der Waals surface area contributed by atoms with Crippen molar-refractivity contribution < 1.29 is 31.4 Å². The van der Waals surface area contributed by atoms with E-state index in [1.165, 1.54) is 13.0 Å². The van der Waals surface area contributed by atoms with Crippen LogP contribution in [-0.4, -0.2) is 31.6 Å². The lowest BCUT2D eigenvalue weighted by atomic mass is 10.1. The van der Waals surface area contributed by atoms with Crippen LogP contribution in [0.15, 0.2) is 18.2 Å². The molecule has 0 heterocycles. The minimum absolute atomic E-state index is 0.00794. The molecule has 1 rings (SSSR count). The molecule has 0 bridgehead atoms. The third-order valence-corrected chi connectivity index (χ3v) is 4.62. The van der Waals surface area contributed by atoms with Crippen molar-refractivity contribution in [3.63, 3.8) is 0 Å². The van der Waals surface area contributed by atoms with Crippen molar-refractivity contribution in [1.82, 2.24) is 0 Å². The summed E-state index contributed by atoms with van der Waals surface area (Å²) in [5, 5.41) is 8.87. The normalized spacial score (nSPS) is 12.4. The fourth-order valence-electron chi connectivity index (χ4n) is 1.63. The highest BCUT2D eigenvalue weighted by Crippen LogP contribution is 2.36. The molecule has 0 saturated heterocycles. The summed E-state index contributed by atoms with van der Waals surface area (Å²) in [5.41, 5.74) is -0.851. The Morgan fingerprint density at radius 1 is 1.29 bits per heavy atom. The van der Waals surface area contributed by atoms with Crippen molar-refractivity contribution in [1.29, 1.82) is 0 Å². The smallest absolute Gasteiger partial charge is 0.419 e. The standard InChI is InChI=1S/C13H17F3O4S/c1-2-21(18,19)7-3-6-20-12-5-4-10(9-17)8-11(12)13(14,15)16/h4-5,8,17H,2-3,6-7,9H2,1H3. The summed E-state index contributed by atoms with van der Waals surface area (Å²) in [4.78, 5) is 0. The second-order valence-corrected chi connectivity index (χ2v) is 6.90. The summed E-state index contributed by atoms with van der Waals surface area (Å²) in [7, 11) is -3.16. The van der Waals surface area contributed by atoms with Gasteiger partial charge in [-0.15, -0.1) is 0 Å². The van der Waals surface area contributed by atoms with E-state index in [2.05, 4.69) is 0 Å². The topological polar surface area (TPSA) is 63.6 Å². The number of halogens is 3. The zero-order valence-electron chi connectivity index (χ0n) is 11.5. The lowest BCUT2D eigenvalue weighted by molar-refractivity contribution is -0.139. The predicted molar refractivity (Wildman–Crippen MR) is 71.8 cm³/mol. The summed E-state index contributed by atoms with van der Waals surface area (Å²) < 4.78 is 66.1. The molecule has 0 aliphatic rings. The van der Waals surface area contributed by atoms with Crippen molar-refractivity contribution in [3.8, 4) is 5.75 Å². The highest BCUT2D eigenvalue weighted by Gasteiger charge is 2.34. The van der Waals surface area contributed by atoms with Crippen molar-refractivity contribution >= 4 is 9.84 Å². The van der Waals surface area contributed by atoms with Gasteiger partial charge in [-0.05, 0) is 24.1 Å². The van der Waals surface area contributed by atoms with E-state index in [0.29, 0.717) is 0 Å². The molecule has 0 aromatic heterocycles. The molecule has 0 atom stereocenters. The van der Waals surface area contributed by atoms with Gasteiger partial charge in [-0.25, -0.2) is 8.42 Å². The number of benzene rings is 1. The number of hydrogen-bond acceptors (Lipinski definition) is 4.